The third-order valence-electron chi connectivity index (χ3n) is 5.05. The van der Waals surface area contributed by atoms with E-state index in [4.69, 9.17) is 27.9 Å². The van der Waals surface area contributed by atoms with Crippen molar-refractivity contribution in [3.05, 3.63) is 57.3 Å². The first kappa shape index (κ1) is 21.2. The van der Waals surface area contributed by atoms with Gasteiger partial charge in [0.15, 0.2) is 0 Å². The number of nitrogens with one attached hydrogen (secondary N) is 1. The number of nitrogens with zero attached hydrogens (tertiary/aromatic N) is 1. The molecule has 4 rings (SSSR count). The summed E-state index contributed by atoms with van der Waals surface area (Å²) in [5.41, 5.74) is 1.29. The van der Waals surface area contributed by atoms with Gasteiger partial charge in [-0.05, 0) is 48.6 Å². The van der Waals surface area contributed by atoms with E-state index in [2.05, 4.69) is 0 Å². The fourth-order valence-electron chi connectivity index (χ4n) is 3.36. The first-order valence-electron chi connectivity index (χ1n) is 9.33. The Kier molecular flexibility index (Phi) is 5.59. The van der Waals surface area contributed by atoms with Crippen molar-refractivity contribution in [1.29, 1.82) is 0 Å². The van der Waals surface area contributed by atoms with Gasteiger partial charge in [-0.1, -0.05) is 23.2 Å². The molecule has 1 amide bonds. The Morgan fingerprint density at radius 1 is 1.17 bits per heavy atom. The zero-order valence-electron chi connectivity index (χ0n) is 16.0. The number of ether oxygens (including phenoxy) is 1. The number of rotatable bonds is 6. The maximum Gasteiger partial charge on any atom is 0.268 e. The molecule has 1 aliphatic heterocycles. The predicted octanol–water partition coefficient (Wildman–Crippen LogP) is 3.97. The van der Waals surface area contributed by atoms with Crippen molar-refractivity contribution in [3.8, 4) is 5.75 Å². The second-order valence-corrected chi connectivity index (χ2v) is 10.2. The summed E-state index contributed by atoms with van der Waals surface area (Å²) in [6.07, 6.45) is 2.27. The molecule has 0 bridgehead atoms. The predicted molar refractivity (Wildman–Crippen MR) is 114 cm³/mol. The van der Waals surface area contributed by atoms with Crippen molar-refractivity contribution in [1.82, 2.24) is 4.72 Å². The molecule has 2 aromatic carbocycles. The third-order valence-corrected chi connectivity index (χ3v) is 6.34. The van der Waals surface area contributed by atoms with Crippen molar-refractivity contribution in [2.75, 3.05) is 24.2 Å². The molecule has 10 heteroatoms. The van der Waals surface area contributed by atoms with Gasteiger partial charge in [-0.2, -0.15) is 0 Å². The molecule has 6 nitrogen and oxygen atoms in total. The van der Waals surface area contributed by atoms with Crippen molar-refractivity contribution in [2.24, 2.45) is 0 Å². The smallest absolute Gasteiger partial charge is 0.268 e. The van der Waals surface area contributed by atoms with E-state index in [1.54, 1.807) is 12.1 Å². The highest BCUT2D eigenvalue weighted by Crippen LogP contribution is 2.43. The lowest BCUT2D eigenvalue weighted by atomic mass is 10.0. The van der Waals surface area contributed by atoms with Crippen molar-refractivity contribution in [2.45, 2.75) is 24.9 Å². The van der Waals surface area contributed by atoms with Crippen LogP contribution in [0.5, 0.6) is 5.75 Å². The SMILES string of the molecule is CS(=O)(=O)NC(=O)c1cc(C2CC2)c(F)cc1OC1CN(c2ccc(Cl)c(Cl)c2)C1. The van der Waals surface area contributed by atoms with Gasteiger partial charge in [0.25, 0.3) is 5.91 Å². The summed E-state index contributed by atoms with van der Waals surface area (Å²) in [6.45, 7) is 0.994. The van der Waals surface area contributed by atoms with Crippen LogP contribution in [0.15, 0.2) is 30.3 Å². The van der Waals surface area contributed by atoms with E-state index >= 15 is 0 Å². The Morgan fingerprint density at radius 2 is 1.87 bits per heavy atom. The molecule has 2 fully saturated rings. The summed E-state index contributed by atoms with van der Waals surface area (Å²) in [5, 5.41) is 0.900. The zero-order valence-corrected chi connectivity index (χ0v) is 18.3. The standard InChI is InChI=1S/C20H19Cl2FN2O4S/c1-30(27,28)24-20(26)15-7-14(11-2-3-11)18(23)8-19(15)29-13-9-25(10-13)12-4-5-16(21)17(22)6-12/h4-8,11,13H,2-3,9-10H2,1H3,(H,24,26). The minimum atomic E-state index is -3.77. The van der Waals surface area contributed by atoms with Crippen molar-refractivity contribution in [3.63, 3.8) is 0 Å². The van der Waals surface area contributed by atoms with E-state index in [0.29, 0.717) is 28.7 Å². The third kappa shape index (κ3) is 4.66. The molecule has 0 spiro atoms. The first-order valence-corrected chi connectivity index (χ1v) is 12.0. The lowest BCUT2D eigenvalue weighted by Crippen LogP contribution is -2.54. The van der Waals surface area contributed by atoms with Crippen LogP contribution in [-0.2, 0) is 10.0 Å². The molecule has 1 saturated carbocycles. The van der Waals surface area contributed by atoms with E-state index in [1.165, 1.54) is 12.1 Å². The summed E-state index contributed by atoms with van der Waals surface area (Å²) < 4.78 is 45.3. The highest BCUT2D eigenvalue weighted by molar-refractivity contribution is 7.89. The average Bonchev–Trinajstić information content (AvgIpc) is 3.43. The molecule has 1 heterocycles. The van der Waals surface area contributed by atoms with Crippen LogP contribution in [-0.4, -0.2) is 39.8 Å². The van der Waals surface area contributed by atoms with Gasteiger partial charge in [0.2, 0.25) is 10.0 Å². The number of benzene rings is 2. The quantitative estimate of drug-likeness (QED) is 0.688. The highest BCUT2D eigenvalue weighted by Gasteiger charge is 2.33. The van der Waals surface area contributed by atoms with Crippen LogP contribution in [0.25, 0.3) is 0 Å². The van der Waals surface area contributed by atoms with Crippen molar-refractivity contribution < 1.29 is 22.3 Å². The van der Waals surface area contributed by atoms with Crippen LogP contribution in [0.1, 0.15) is 34.7 Å². The topological polar surface area (TPSA) is 75.7 Å². The minimum absolute atomic E-state index is 0.0108. The summed E-state index contributed by atoms with van der Waals surface area (Å²) >= 11 is 12.0. The van der Waals surface area contributed by atoms with Gasteiger partial charge in [0.05, 0.1) is 35.0 Å². The molecule has 0 aromatic heterocycles. The molecule has 0 unspecified atom stereocenters. The number of anilines is 1. The molecular formula is C20H19Cl2FN2O4S. The van der Waals surface area contributed by atoms with Gasteiger partial charge in [-0.15, -0.1) is 0 Å². The molecule has 1 saturated heterocycles. The number of halogens is 3. The normalized spacial score (nSPS) is 16.9. The van der Waals surface area contributed by atoms with Gasteiger partial charge in [0, 0.05) is 11.8 Å². The Balaban J connectivity index is 1.52. The van der Waals surface area contributed by atoms with E-state index < -0.39 is 21.7 Å². The first-order chi connectivity index (χ1) is 14.1. The van der Waals surface area contributed by atoms with Gasteiger partial charge < -0.3 is 9.64 Å². The zero-order chi connectivity index (χ0) is 21.6. The molecule has 30 heavy (non-hydrogen) atoms. The van der Waals surface area contributed by atoms with Gasteiger partial charge >= 0.3 is 0 Å². The molecule has 0 atom stereocenters. The van der Waals surface area contributed by atoms with Crippen LogP contribution < -0.4 is 14.4 Å². The summed E-state index contributed by atoms with van der Waals surface area (Å²) in [7, 11) is -3.77. The maximum absolute atomic E-state index is 14.6. The molecule has 1 N–H and O–H groups in total. The minimum Gasteiger partial charge on any atom is -0.486 e. The van der Waals surface area contributed by atoms with Crippen LogP contribution in [0, 0.1) is 5.82 Å². The van der Waals surface area contributed by atoms with Crippen LogP contribution in [0.3, 0.4) is 0 Å². The van der Waals surface area contributed by atoms with Gasteiger partial charge in [-0.3, -0.25) is 4.79 Å². The Bertz CT molecular complexity index is 1120. The highest BCUT2D eigenvalue weighted by atomic mass is 35.5. The van der Waals surface area contributed by atoms with Gasteiger partial charge in [-0.25, -0.2) is 17.5 Å². The van der Waals surface area contributed by atoms with E-state index in [0.717, 1.165) is 24.8 Å². The second-order valence-electron chi connectivity index (χ2n) is 7.59. The Morgan fingerprint density at radius 3 is 2.47 bits per heavy atom. The number of carbonyl (C=O) groups is 1. The molecule has 160 valence electrons. The fourth-order valence-corrected chi connectivity index (χ4v) is 4.10. The number of amides is 1. The molecule has 0 radical (unpaired) electrons. The maximum atomic E-state index is 14.6. The Labute approximate surface area is 184 Å². The summed E-state index contributed by atoms with van der Waals surface area (Å²) in [5.74, 6) is -1.21. The molecular weight excluding hydrogens is 454 g/mol. The summed E-state index contributed by atoms with van der Waals surface area (Å²) in [4.78, 5) is 14.5. The van der Waals surface area contributed by atoms with Crippen molar-refractivity contribution >= 4 is 44.8 Å². The summed E-state index contributed by atoms with van der Waals surface area (Å²) in [6, 6.07) is 7.85. The second kappa shape index (κ2) is 7.90. The number of sulfonamides is 1. The van der Waals surface area contributed by atoms with E-state index in [9.17, 15) is 17.6 Å². The number of hydrogen-bond donors (Lipinski definition) is 1. The monoisotopic (exact) mass is 472 g/mol. The molecule has 2 aliphatic rings. The van der Waals surface area contributed by atoms with Crippen LogP contribution in [0.4, 0.5) is 10.1 Å². The Hall–Kier alpha value is -2.03. The molecule has 1 aliphatic carbocycles. The lowest BCUT2D eigenvalue weighted by molar-refractivity contribution is 0.0971. The van der Waals surface area contributed by atoms with Crippen LogP contribution in [0.2, 0.25) is 10.0 Å². The van der Waals surface area contributed by atoms with Gasteiger partial charge in [0.1, 0.15) is 17.7 Å². The number of carbonyl (C=O) groups excluding carboxylic acids is 1. The average molecular weight is 473 g/mol. The molecule has 2 aromatic rings. The van der Waals surface area contributed by atoms with E-state index in [1.807, 2.05) is 15.7 Å². The number of hydrogen-bond acceptors (Lipinski definition) is 5. The van der Waals surface area contributed by atoms with Crippen LogP contribution >= 0.6 is 23.2 Å². The fraction of sp³-hybridized carbons (Fsp3) is 0.350. The lowest BCUT2D eigenvalue weighted by Gasteiger charge is -2.41. The van der Waals surface area contributed by atoms with E-state index in [-0.39, 0.29) is 23.3 Å². The largest absolute Gasteiger partial charge is 0.486 e.